The first kappa shape index (κ1) is 12.8. The monoisotopic (exact) mass is 236 g/mol. The van der Waals surface area contributed by atoms with Gasteiger partial charge in [0.1, 0.15) is 6.29 Å². The van der Waals surface area contributed by atoms with E-state index in [0.717, 1.165) is 37.5 Å². The van der Waals surface area contributed by atoms with E-state index in [2.05, 4.69) is 13.0 Å². The summed E-state index contributed by atoms with van der Waals surface area (Å²) < 4.78 is 0. The van der Waals surface area contributed by atoms with Gasteiger partial charge in [0.2, 0.25) is 0 Å². The van der Waals surface area contributed by atoms with Crippen LogP contribution < -0.4 is 0 Å². The number of hydrogen-bond donors (Lipinski definition) is 1. The summed E-state index contributed by atoms with van der Waals surface area (Å²) >= 11 is 0. The third-order valence-corrected chi connectivity index (χ3v) is 5.06. The Morgan fingerprint density at radius 3 is 2.76 bits per heavy atom. The predicted molar refractivity (Wildman–Crippen MR) is 68.6 cm³/mol. The van der Waals surface area contributed by atoms with Gasteiger partial charge in [-0.15, -0.1) is 0 Å². The van der Waals surface area contributed by atoms with Gasteiger partial charge in [-0.3, -0.25) is 4.79 Å². The van der Waals surface area contributed by atoms with Crippen LogP contribution in [0.3, 0.4) is 0 Å². The lowest BCUT2D eigenvalue weighted by atomic mass is 9.56. The average Bonchev–Trinajstić information content (AvgIpc) is 2.25. The molecule has 2 nitrogen and oxygen atoms in total. The van der Waals surface area contributed by atoms with Crippen molar-refractivity contribution in [3.05, 3.63) is 11.6 Å². The minimum atomic E-state index is -0.618. The molecule has 1 saturated carbocycles. The summed E-state index contributed by atoms with van der Waals surface area (Å²) in [5.74, 6) is 0.681. The lowest BCUT2D eigenvalue weighted by Gasteiger charge is -2.49. The second kappa shape index (κ2) is 4.24. The largest absolute Gasteiger partial charge is 0.390 e. The standard InChI is InChI=1S/C15H24O2/c1-14(2,17)12-6-8-15(3)7-4-5-11(10-16)13(15)9-12/h5,10,12-13,17H,4,6-9H2,1-3H3. The van der Waals surface area contributed by atoms with Crippen molar-refractivity contribution < 1.29 is 9.90 Å². The second-order valence-electron chi connectivity index (χ2n) is 6.69. The van der Waals surface area contributed by atoms with Crippen LogP contribution >= 0.6 is 0 Å². The van der Waals surface area contributed by atoms with Crippen molar-refractivity contribution in [3.8, 4) is 0 Å². The van der Waals surface area contributed by atoms with Crippen molar-refractivity contribution in [2.75, 3.05) is 0 Å². The molecule has 3 atom stereocenters. The van der Waals surface area contributed by atoms with Gasteiger partial charge in [-0.05, 0) is 68.8 Å². The number of carbonyl (C=O) groups is 1. The summed E-state index contributed by atoms with van der Waals surface area (Å²) in [5, 5.41) is 10.2. The molecule has 1 fully saturated rings. The van der Waals surface area contributed by atoms with Crippen molar-refractivity contribution in [1.82, 2.24) is 0 Å². The maximum absolute atomic E-state index is 11.2. The van der Waals surface area contributed by atoms with Gasteiger partial charge < -0.3 is 5.11 Å². The fourth-order valence-electron chi connectivity index (χ4n) is 3.69. The molecule has 0 aromatic carbocycles. The Kier molecular flexibility index (Phi) is 3.19. The molecule has 3 unspecified atom stereocenters. The first-order valence-electron chi connectivity index (χ1n) is 6.74. The van der Waals surface area contributed by atoms with E-state index in [1.54, 1.807) is 0 Å². The molecule has 1 N–H and O–H groups in total. The van der Waals surface area contributed by atoms with Crippen molar-refractivity contribution >= 4 is 6.29 Å². The summed E-state index contributed by atoms with van der Waals surface area (Å²) in [5.41, 5.74) is 0.646. The van der Waals surface area contributed by atoms with Crippen LogP contribution in [0.4, 0.5) is 0 Å². The van der Waals surface area contributed by atoms with Gasteiger partial charge in [0.05, 0.1) is 5.60 Å². The highest BCUT2D eigenvalue weighted by Crippen LogP contribution is 2.53. The van der Waals surface area contributed by atoms with Gasteiger partial charge in [-0.1, -0.05) is 13.0 Å². The Hall–Kier alpha value is -0.630. The van der Waals surface area contributed by atoms with E-state index in [4.69, 9.17) is 0 Å². The van der Waals surface area contributed by atoms with E-state index >= 15 is 0 Å². The highest BCUT2D eigenvalue weighted by Gasteiger charge is 2.45. The van der Waals surface area contributed by atoms with Crippen molar-refractivity contribution in [1.29, 1.82) is 0 Å². The summed E-state index contributed by atoms with van der Waals surface area (Å²) in [6.45, 7) is 6.11. The van der Waals surface area contributed by atoms with Crippen LogP contribution in [0.2, 0.25) is 0 Å². The summed E-state index contributed by atoms with van der Waals surface area (Å²) in [4.78, 5) is 11.2. The van der Waals surface area contributed by atoms with Crippen LogP contribution in [0.15, 0.2) is 11.6 Å². The van der Waals surface area contributed by atoms with Crippen LogP contribution in [0, 0.1) is 17.3 Å². The van der Waals surface area contributed by atoms with Gasteiger partial charge in [-0.2, -0.15) is 0 Å². The second-order valence-corrected chi connectivity index (χ2v) is 6.69. The molecule has 96 valence electrons. The zero-order valence-corrected chi connectivity index (χ0v) is 11.2. The molecule has 0 saturated heterocycles. The van der Waals surface area contributed by atoms with E-state index in [1.807, 2.05) is 13.8 Å². The molecule has 0 spiro atoms. The van der Waals surface area contributed by atoms with Gasteiger partial charge in [0.25, 0.3) is 0 Å². The fraction of sp³-hybridized carbons (Fsp3) is 0.800. The Labute approximate surface area is 104 Å². The smallest absolute Gasteiger partial charge is 0.146 e. The molecular formula is C15H24O2. The minimum Gasteiger partial charge on any atom is -0.390 e. The third kappa shape index (κ3) is 2.33. The van der Waals surface area contributed by atoms with E-state index in [1.165, 1.54) is 6.42 Å². The third-order valence-electron chi connectivity index (χ3n) is 5.06. The minimum absolute atomic E-state index is 0.284. The van der Waals surface area contributed by atoms with Crippen LogP contribution in [-0.2, 0) is 4.79 Å². The molecule has 0 heterocycles. The van der Waals surface area contributed by atoms with Crippen LogP contribution in [0.1, 0.15) is 52.9 Å². The zero-order chi connectivity index (χ0) is 12.7. The van der Waals surface area contributed by atoms with E-state index in [9.17, 15) is 9.90 Å². The van der Waals surface area contributed by atoms with Gasteiger partial charge in [0.15, 0.2) is 0 Å². The molecule has 2 heteroatoms. The van der Waals surface area contributed by atoms with Gasteiger partial charge >= 0.3 is 0 Å². The number of rotatable bonds is 2. The molecular weight excluding hydrogens is 212 g/mol. The van der Waals surface area contributed by atoms with Gasteiger partial charge in [-0.25, -0.2) is 0 Å². The summed E-state index contributed by atoms with van der Waals surface area (Å²) in [6.07, 6.45) is 8.55. The summed E-state index contributed by atoms with van der Waals surface area (Å²) in [7, 11) is 0. The topological polar surface area (TPSA) is 37.3 Å². The lowest BCUT2D eigenvalue weighted by molar-refractivity contribution is -0.107. The molecule has 2 aliphatic rings. The predicted octanol–water partition coefficient (Wildman–Crippen LogP) is 3.10. The molecule has 2 rings (SSSR count). The first-order chi connectivity index (χ1) is 7.87. The van der Waals surface area contributed by atoms with E-state index in [-0.39, 0.29) is 5.41 Å². The number of aliphatic hydroxyl groups is 1. The first-order valence-corrected chi connectivity index (χ1v) is 6.74. The van der Waals surface area contributed by atoms with Gasteiger partial charge in [0, 0.05) is 0 Å². The number of aldehydes is 1. The average molecular weight is 236 g/mol. The number of carbonyl (C=O) groups excluding carboxylic acids is 1. The molecule has 0 radical (unpaired) electrons. The van der Waals surface area contributed by atoms with Crippen LogP contribution in [0.25, 0.3) is 0 Å². The maximum Gasteiger partial charge on any atom is 0.146 e. The molecule has 0 amide bonds. The lowest BCUT2D eigenvalue weighted by Crippen LogP contribution is -2.43. The summed E-state index contributed by atoms with van der Waals surface area (Å²) in [6, 6.07) is 0. The number of fused-ring (bicyclic) bond motifs is 1. The van der Waals surface area contributed by atoms with Crippen LogP contribution in [0.5, 0.6) is 0 Å². The molecule has 0 aromatic heterocycles. The quantitative estimate of drug-likeness (QED) is 0.748. The zero-order valence-electron chi connectivity index (χ0n) is 11.2. The SMILES string of the molecule is CC(C)(O)C1CCC2(C)CCC=C(C=O)C2C1. The normalized spacial score (nSPS) is 38.2. The van der Waals surface area contributed by atoms with E-state index < -0.39 is 5.60 Å². The van der Waals surface area contributed by atoms with Crippen molar-refractivity contribution in [3.63, 3.8) is 0 Å². The highest BCUT2D eigenvalue weighted by atomic mass is 16.3. The molecule has 0 aliphatic heterocycles. The van der Waals surface area contributed by atoms with Crippen molar-refractivity contribution in [2.24, 2.45) is 17.3 Å². The maximum atomic E-state index is 11.2. The van der Waals surface area contributed by atoms with E-state index in [0.29, 0.717) is 11.8 Å². The molecule has 17 heavy (non-hydrogen) atoms. The number of hydrogen-bond acceptors (Lipinski definition) is 2. The van der Waals surface area contributed by atoms with Crippen LogP contribution in [-0.4, -0.2) is 17.0 Å². The Morgan fingerprint density at radius 1 is 1.47 bits per heavy atom. The fourth-order valence-corrected chi connectivity index (χ4v) is 3.69. The Morgan fingerprint density at radius 2 is 2.18 bits per heavy atom. The molecule has 0 bridgehead atoms. The molecule has 2 aliphatic carbocycles. The number of allylic oxidation sites excluding steroid dienone is 2. The Bertz CT molecular complexity index is 337. The highest BCUT2D eigenvalue weighted by molar-refractivity contribution is 5.74. The Balaban J connectivity index is 2.23. The van der Waals surface area contributed by atoms with Crippen molar-refractivity contribution in [2.45, 2.75) is 58.5 Å². The molecule has 0 aromatic rings.